The van der Waals surface area contributed by atoms with E-state index in [-0.39, 0.29) is 47.7 Å². The number of aromatic amines is 1. The molecule has 1 amide bonds. The maximum Gasteiger partial charge on any atom is 0.419 e. The summed E-state index contributed by atoms with van der Waals surface area (Å²) < 4.78 is 72.7. The Morgan fingerprint density at radius 2 is 1.98 bits per heavy atom. The van der Waals surface area contributed by atoms with Gasteiger partial charge in [-0.3, -0.25) is 0 Å². The minimum absolute atomic E-state index is 0.0117. The third-order valence-corrected chi connectivity index (χ3v) is 9.02. The number of nitrogens with one attached hydrogen (secondary N) is 3. The molecule has 0 bridgehead atoms. The van der Waals surface area contributed by atoms with Crippen molar-refractivity contribution in [2.75, 3.05) is 37.2 Å². The molecule has 0 aliphatic carbocycles. The molecule has 2 saturated heterocycles. The van der Waals surface area contributed by atoms with E-state index < -0.39 is 38.5 Å². The Morgan fingerprint density at radius 3 is 2.68 bits per heavy atom. The highest BCUT2D eigenvalue weighted by Gasteiger charge is 2.37. The van der Waals surface area contributed by atoms with E-state index >= 15 is 0 Å². The first-order chi connectivity index (χ1) is 19.2. The minimum atomic E-state index is -4.73. The van der Waals surface area contributed by atoms with Crippen LogP contribution in [0.4, 0.5) is 23.9 Å². The van der Waals surface area contributed by atoms with Gasteiger partial charge in [0.1, 0.15) is 22.1 Å². The first kappa shape index (κ1) is 29.0. The Bertz CT molecular complexity index is 1550. The number of likely N-dealkylation sites (tertiary alicyclic amines) is 1. The van der Waals surface area contributed by atoms with Crippen molar-refractivity contribution in [1.29, 1.82) is 0 Å². The second-order valence-corrected chi connectivity index (χ2v) is 13.6. The second kappa shape index (κ2) is 10.7. The molecule has 2 aliphatic rings. The predicted molar refractivity (Wildman–Crippen MR) is 146 cm³/mol. The van der Waals surface area contributed by atoms with Gasteiger partial charge >= 0.3 is 12.3 Å². The minimum Gasteiger partial charge on any atom is -0.444 e. The summed E-state index contributed by atoms with van der Waals surface area (Å²) in [6, 6.07) is 2.79. The molecule has 5 rings (SSSR count). The van der Waals surface area contributed by atoms with Gasteiger partial charge < -0.3 is 25.3 Å². The van der Waals surface area contributed by atoms with E-state index in [1.54, 1.807) is 31.7 Å². The van der Waals surface area contributed by atoms with Crippen LogP contribution in [-0.2, 0) is 20.8 Å². The van der Waals surface area contributed by atoms with E-state index in [1.807, 2.05) is 0 Å². The maximum absolute atomic E-state index is 14.0. The lowest BCUT2D eigenvalue weighted by atomic mass is 10.1. The summed E-state index contributed by atoms with van der Waals surface area (Å²) in [4.78, 5) is 29.6. The third kappa shape index (κ3) is 6.40. The average Bonchev–Trinajstić information content (AvgIpc) is 3.30. The Morgan fingerprint density at radius 1 is 1.20 bits per heavy atom. The van der Waals surface area contributed by atoms with Gasteiger partial charge in [-0.2, -0.15) is 13.2 Å². The van der Waals surface area contributed by atoms with Gasteiger partial charge in [0.2, 0.25) is 5.95 Å². The monoisotopic (exact) mass is 595 g/mol. The molecule has 3 aromatic rings. The van der Waals surface area contributed by atoms with Crippen molar-refractivity contribution in [3.63, 3.8) is 0 Å². The molecule has 222 valence electrons. The Labute approximate surface area is 235 Å². The van der Waals surface area contributed by atoms with Crippen molar-refractivity contribution < 1.29 is 31.1 Å². The van der Waals surface area contributed by atoms with Gasteiger partial charge in [-0.1, -0.05) is 0 Å². The van der Waals surface area contributed by atoms with Crippen LogP contribution in [0.15, 0.2) is 24.5 Å². The Balaban J connectivity index is 1.44. The molecule has 0 spiro atoms. The van der Waals surface area contributed by atoms with Crippen molar-refractivity contribution in [3.05, 3.63) is 35.8 Å². The van der Waals surface area contributed by atoms with Crippen LogP contribution >= 0.6 is 0 Å². The number of alkyl halides is 3. The number of nitrogens with zero attached hydrogens (tertiary/aromatic N) is 4. The van der Waals surface area contributed by atoms with Crippen LogP contribution in [0.3, 0.4) is 0 Å². The SMILES string of the molecule is CC(C)(C)OC(=O)N1CCC[C@H](Nc2ncc(C(F)(F)F)c(-c3c[nH]c4nc(C5CNCCS5(=O)=O)ccc34)n2)C1. The van der Waals surface area contributed by atoms with E-state index in [9.17, 15) is 26.4 Å². The van der Waals surface area contributed by atoms with Crippen LogP contribution in [-0.4, -0.2) is 82.9 Å². The maximum atomic E-state index is 14.0. The number of anilines is 1. The van der Waals surface area contributed by atoms with E-state index in [1.165, 1.54) is 12.3 Å². The van der Waals surface area contributed by atoms with Gasteiger partial charge in [-0.25, -0.2) is 28.2 Å². The molecule has 2 atom stereocenters. The van der Waals surface area contributed by atoms with Gasteiger partial charge in [0.15, 0.2) is 9.84 Å². The van der Waals surface area contributed by atoms with Crippen LogP contribution in [0.2, 0.25) is 0 Å². The highest BCUT2D eigenvalue weighted by atomic mass is 32.2. The predicted octanol–water partition coefficient (Wildman–Crippen LogP) is 3.91. The zero-order valence-electron chi connectivity index (χ0n) is 22.9. The number of fused-ring (bicyclic) bond motifs is 1. The van der Waals surface area contributed by atoms with Gasteiger partial charge in [0, 0.05) is 55.6 Å². The molecule has 0 saturated carbocycles. The first-order valence-electron chi connectivity index (χ1n) is 13.3. The number of rotatable bonds is 4. The molecule has 0 radical (unpaired) electrons. The zero-order valence-corrected chi connectivity index (χ0v) is 23.7. The molecule has 3 N–H and O–H groups in total. The second-order valence-electron chi connectivity index (χ2n) is 11.3. The fourth-order valence-electron chi connectivity index (χ4n) is 5.03. The molecule has 2 fully saturated rings. The number of H-pyrrole nitrogens is 1. The van der Waals surface area contributed by atoms with Crippen molar-refractivity contribution in [3.8, 4) is 11.3 Å². The topological polar surface area (TPSA) is 142 Å². The average molecular weight is 596 g/mol. The Kier molecular flexibility index (Phi) is 7.61. The normalized spacial score (nSPS) is 21.6. The number of amides is 1. The number of ether oxygens (including phenoxy) is 1. The zero-order chi connectivity index (χ0) is 29.6. The number of sulfone groups is 1. The van der Waals surface area contributed by atoms with Gasteiger partial charge in [0.05, 0.1) is 17.1 Å². The summed E-state index contributed by atoms with van der Waals surface area (Å²) in [6.07, 6.45) is -1.74. The number of piperidine rings is 1. The lowest BCUT2D eigenvalue weighted by molar-refractivity contribution is -0.137. The van der Waals surface area contributed by atoms with E-state index in [2.05, 4.69) is 30.6 Å². The van der Waals surface area contributed by atoms with E-state index in [0.29, 0.717) is 37.0 Å². The number of carbonyl (C=O) groups is 1. The lowest BCUT2D eigenvalue weighted by Gasteiger charge is -2.34. The molecule has 0 aromatic carbocycles. The Hall–Kier alpha value is -3.46. The lowest BCUT2D eigenvalue weighted by Crippen LogP contribution is -2.47. The molecular formula is C26H32F3N7O4S. The highest BCUT2D eigenvalue weighted by molar-refractivity contribution is 7.91. The van der Waals surface area contributed by atoms with Crippen molar-refractivity contribution in [2.24, 2.45) is 0 Å². The molecule has 1 unspecified atom stereocenters. The largest absolute Gasteiger partial charge is 0.444 e. The molecule has 11 nitrogen and oxygen atoms in total. The van der Waals surface area contributed by atoms with Crippen molar-refractivity contribution >= 4 is 32.9 Å². The molecule has 2 aliphatic heterocycles. The summed E-state index contributed by atoms with van der Waals surface area (Å²) in [7, 11) is -3.40. The van der Waals surface area contributed by atoms with Crippen LogP contribution in [0.1, 0.15) is 50.1 Å². The van der Waals surface area contributed by atoms with E-state index in [0.717, 1.165) is 6.20 Å². The molecular weight excluding hydrogens is 563 g/mol. The number of hydrogen-bond donors (Lipinski definition) is 3. The number of pyridine rings is 1. The fourth-order valence-corrected chi connectivity index (χ4v) is 6.62. The number of aromatic nitrogens is 4. The summed E-state index contributed by atoms with van der Waals surface area (Å²) in [5, 5.41) is 5.64. The molecule has 41 heavy (non-hydrogen) atoms. The number of halogens is 3. The van der Waals surface area contributed by atoms with Gasteiger partial charge in [0.25, 0.3) is 0 Å². The van der Waals surface area contributed by atoms with Crippen LogP contribution < -0.4 is 10.6 Å². The number of carbonyl (C=O) groups excluding carboxylic acids is 1. The van der Waals surface area contributed by atoms with Gasteiger partial charge in [-0.15, -0.1) is 0 Å². The van der Waals surface area contributed by atoms with Crippen molar-refractivity contribution in [2.45, 2.75) is 56.7 Å². The van der Waals surface area contributed by atoms with Crippen LogP contribution in [0.25, 0.3) is 22.3 Å². The molecule has 15 heteroatoms. The summed E-state index contributed by atoms with van der Waals surface area (Å²) in [5.41, 5.74) is -1.31. The highest BCUT2D eigenvalue weighted by Crippen LogP contribution is 2.39. The van der Waals surface area contributed by atoms with Crippen LogP contribution in [0, 0.1) is 0 Å². The van der Waals surface area contributed by atoms with Crippen LogP contribution in [0.5, 0.6) is 0 Å². The third-order valence-electron chi connectivity index (χ3n) is 6.97. The standard InChI is InChI=1S/C26H32F3N7O4S/c1-25(2,3)40-24(37)36-9-4-5-15(14-36)33-23-32-12-18(26(27,28)29)21(35-23)17-11-31-22-16(17)6-7-19(34-22)20-13-30-8-10-41(20,38)39/h6-7,11-12,15,20,30H,4-5,8-10,13-14H2,1-3H3,(H,31,34)(H,32,33,35)/t15-,20?/m0/s1. The smallest absolute Gasteiger partial charge is 0.419 e. The summed E-state index contributed by atoms with van der Waals surface area (Å²) in [5.74, 6) is -0.0300. The number of hydrogen-bond acceptors (Lipinski definition) is 9. The van der Waals surface area contributed by atoms with E-state index in [4.69, 9.17) is 4.74 Å². The summed E-state index contributed by atoms with van der Waals surface area (Å²) in [6.45, 7) is 6.69. The molecule has 5 heterocycles. The molecule has 3 aromatic heterocycles. The fraction of sp³-hybridized carbons (Fsp3) is 0.538. The quantitative estimate of drug-likeness (QED) is 0.409. The van der Waals surface area contributed by atoms with Gasteiger partial charge in [-0.05, 0) is 45.7 Å². The van der Waals surface area contributed by atoms with Crippen molar-refractivity contribution in [1.82, 2.24) is 30.2 Å². The first-order valence-corrected chi connectivity index (χ1v) is 15.0. The summed E-state index contributed by atoms with van der Waals surface area (Å²) >= 11 is 0.